The van der Waals surface area contributed by atoms with Crippen molar-refractivity contribution in [2.75, 3.05) is 13.2 Å². The summed E-state index contributed by atoms with van der Waals surface area (Å²) >= 11 is 11.9. The molecule has 5 atom stereocenters. The highest BCUT2D eigenvalue weighted by atomic mass is 35.5. The number of aromatic nitrogens is 3. The molecule has 1 aliphatic heterocycles. The smallest absolute Gasteiger partial charge is 0.389 e. The molecule has 0 spiro atoms. The van der Waals surface area contributed by atoms with E-state index in [0.29, 0.717) is 6.07 Å². The number of aryl methyl sites for hydroxylation is 1. The SMILES string of the molecule is Cc1nc(C(OC2COC(c3ccccc3)OC2C)[C@@H](O)CN)n(-c2cc(Cl)c(Cl)cc2C(F)(F)F)n1. The van der Waals surface area contributed by atoms with E-state index in [9.17, 15) is 18.3 Å². The summed E-state index contributed by atoms with van der Waals surface area (Å²) in [7, 11) is 0. The second kappa shape index (κ2) is 11.2. The Labute approximate surface area is 221 Å². The van der Waals surface area contributed by atoms with E-state index in [0.717, 1.165) is 16.3 Å². The molecular formula is C24H25Cl2F3N4O4. The first-order chi connectivity index (χ1) is 17.5. The van der Waals surface area contributed by atoms with E-state index in [-0.39, 0.29) is 34.8 Å². The first-order valence-electron chi connectivity index (χ1n) is 11.3. The zero-order valence-corrected chi connectivity index (χ0v) is 21.3. The van der Waals surface area contributed by atoms with Crippen LogP contribution < -0.4 is 5.73 Å². The summed E-state index contributed by atoms with van der Waals surface area (Å²) in [5.74, 6) is 0.0390. The van der Waals surface area contributed by atoms with E-state index in [1.54, 1.807) is 6.92 Å². The zero-order valence-electron chi connectivity index (χ0n) is 19.8. The Morgan fingerprint density at radius 3 is 2.51 bits per heavy atom. The number of rotatable bonds is 7. The van der Waals surface area contributed by atoms with Gasteiger partial charge in [-0.15, -0.1) is 0 Å². The third-order valence-corrected chi connectivity index (χ3v) is 6.54. The van der Waals surface area contributed by atoms with Crippen LogP contribution in [0, 0.1) is 6.92 Å². The van der Waals surface area contributed by atoms with Crippen molar-refractivity contribution >= 4 is 23.2 Å². The molecule has 1 aliphatic rings. The lowest BCUT2D eigenvalue weighted by atomic mass is 10.1. The monoisotopic (exact) mass is 560 g/mol. The molecule has 37 heavy (non-hydrogen) atoms. The normalized spacial score (nSPS) is 22.1. The molecule has 1 fully saturated rings. The lowest BCUT2D eigenvalue weighted by Gasteiger charge is -2.37. The Hall–Kier alpha value is -2.25. The van der Waals surface area contributed by atoms with E-state index >= 15 is 0 Å². The first-order valence-corrected chi connectivity index (χ1v) is 12.1. The third-order valence-electron chi connectivity index (χ3n) is 5.82. The Balaban J connectivity index is 1.68. The predicted molar refractivity (Wildman–Crippen MR) is 129 cm³/mol. The van der Waals surface area contributed by atoms with Crippen LogP contribution in [-0.2, 0) is 20.4 Å². The molecule has 1 aromatic heterocycles. The highest BCUT2D eigenvalue weighted by molar-refractivity contribution is 6.42. The lowest BCUT2D eigenvalue weighted by Crippen LogP contribution is -2.44. The topological polar surface area (TPSA) is 105 Å². The molecule has 1 saturated heterocycles. The van der Waals surface area contributed by atoms with Gasteiger partial charge in [0.05, 0.1) is 40.1 Å². The van der Waals surface area contributed by atoms with E-state index in [1.807, 2.05) is 30.3 Å². The highest BCUT2D eigenvalue weighted by Crippen LogP contribution is 2.40. The number of alkyl halides is 3. The van der Waals surface area contributed by atoms with Crippen LogP contribution in [0.4, 0.5) is 13.2 Å². The van der Waals surface area contributed by atoms with Gasteiger partial charge >= 0.3 is 6.18 Å². The predicted octanol–water partition coefficient (Wildman–Crippen LogP) is 4.78. The maximum atomic E-state index is 13.9. The van der Waals surface area contributed by atoms with Gasteiger partial charge in [0.15, 0.2) is 12.1 Å². The fourth-order valence-electron chi connectivity index (χ4n) is 3.94. The lowest BCUT2D eigenvalue weighted by molar-refractivity contribution is -0.274. The minimum Gasteiger partial charge on any atom is -0.389 e. The molecule has 0 amide bonds. The van der Waals surface area contributed by atoms with Gasteiger partial charge in [-0.05, 0) is 26.0 Å². The third kappa shape index (κ3) is 6.09. The molecular weight excluding hydrogens is 536 g/mol. The molecule has 4 unspecified atom stereocenters. The number of ether oxygens (including phenoxy) is 3. The fourth-order valence-corrected chi connectivity index (χ4v) is 4.26. The molecule has 0 radical (unpaired) electrons. The van der Waals surface area contributed by atoms with Crippen molar-refractivity contribution in [2.45, 2.75) is 50.7 Å². The van der Waals surface area contributed by atoms with Crippen LogP contribution in [-0.4, -0.2) is 51.3 Å². The molecule has 0 bridgehead atoms. The van der Waals surface area contributed by atoms with Gasteiger partial charge in [0, 0.05) is 12.1 Å². The quantitative estimate of drug-likeness (QED) is 0.428. The van der Waals surface area contributed by atoms with Crippen molar-refractivity contribution in [1.29, 1.82) is 0 Å². The summed E-state index contributed by atoms with van der Waals surface area (Å²) < 4.78 is 60.6. The van der Waals surface area contributed by atoms with Gasteiger partial charge in [0.25, 0.3) is 0 Å². The number of aliphatic hydroxyl groups is 1. The molecule has 4 rings (SSSR count). The number of hydrogen-bond acceptors (Lipinski definition) is 7. The molecule has 8 nitrogen and oxygen atoms in total. The summed E-state index contributed by atoms with van der Waals surface area (Å²) in [5, 5.41) is 14.5. The number of hydrogen-bond donors (Lipinski definition) is 2. The van der Waals surface area contributed by atoms with Crippen LogP contribution in [0.3, 0.4) is 0 Å². The fraction of sp³-hybridized carbons (Fsp3) is 0.417. The van der Waals surface area contributed by atoms with Crippen LogP contribution in [0.15, 0.2) is 42.5 Å². The summed E-state index contributed by atoms with van der Waals surface area (Å²) in [5.41, 5.74) is 5.03. The van der Waals surface area contributed by atoms with Crippen molar-refractivity contribution < 1.29 is 32.5 Å². The maximum absolute atomic E-state index is 13.9. The molecule has 2 aromatic carbocycles. The average molecular weight is 561 g/mol. The van der Waals surface area contributed by atoms with Crippen molar-refractivity contribution in [3.63, 3.8) is 0 Å². The van der Waals surface area contributed by atoms with Crippen molar-refractivity contribution in [2.24, 2.45) is 5.73 Å². The van der Waals surface area contributed by atoms with Gasteiger partial charge in [0.1, 0.15) is 18.0 Å². The Bertz CT molecular complexity index is 1230. The summed E-state index contributed by atoms with van der Waals surface area (Å²) in [6.07, 6.45) is -9.21. The molecule has 3 N–H and O–H groups in total. The van der Waals surface area contributed by atoms with Crippen LogP contribution in [0.1, 0.15) is 42.1 Å². The number of nitrogens with zero attached hydrogens (tertiary/aromatic N) is 3. The van der Waals surface area contributed by atoms with Gasteiger partial charge in [-0.1, -0.05) is 53.5 Å². The number of halogens is 5. The molecule has 3 aromatic rings. The van der Waals surface area contributed by atoms with E-state index < -0.39 is 48.1 Å². The second-order valence-corrected chi connectivity index (χ2v) is 9.34. The van der Waals surface area contributed by atoms with Crippen LogP contribution in [0.25, 0.3) is 5.69 Å². The molecule has 0 saturated carbocycles. The molecule has 200 valence electrons. The maximum Gasteiger partial charge on any atom is 0.418 e. The molecule has 2 heterocycles. The van der Waals surface area contributed by atoms with Gasteiger partial charge in [-0.25, -0.2) is 9.67 Å². The van der Waals surface area contributed by atoms with E-state index in [1.165, 1.54) is 6.92 Å². The van der Waals surface area contributed by atoms with Gasteiger partial charge in [-0.2, -0.15) is 18.3 Å². The second-order valence-electron chi connectivity index (χ2n) is 8.53. The minimum atomic E-state index is -4.78. The largest absolute Gasteiger partial charge is 0.418 e. The van der Waals surface area contributed by atoms with Gasteiger partial charge in [-0.3, -0.25) is 0 Å². The zero-order chi connectivity index (χ0) is 26.9. The van der Waals surface area contributed by atoms with Crippen molar-refractivity contribution in [1.82, 2.24) is 14.8 Å². The Morgan fingerprint density at radius 1 is 1.22 bits per heavy atom. The minimum absolute atomic E-state index is 0.0855. The molecule has 0 aliphatic carbocycles. The molecule has 13 heteroatoms. The Kier molecular flexibility index (Phi) is 8.44. The van der Waals surface area contributed by atoms with Crippen LogP contribution in [0.5, 0.6) is 0 Å². The van der Waals surface area contributed by atoms with Gasteiger partial charge < -0.3 is 25.1 Å². The number of benzene rings is 2. The first kappa shape index (κ1) is 27.8. The van der Waals surface area contributed by atoms with Gasteiger partial charge in [0.2, 0.25) is 0 Å². The summed E-state index contributed by atoms with van der Waals surface area (Å²) in [6, 6.07) is 11.1. The summed E-state index contributed by atoms with van der Waals surface area (Å²) in [4.78, 5) is 4.27. The summed E-state index contributed by atoms with van der Waals surface area (Å²) in [6.45, 7) is 3.09. The average Bonchev–Trinajstić information content (AvgIpc) is 3.25. The number of aliphatic hydroxyl groups excluding tert-OH is 1. The van der Waals surface area contributed by atoms with E-state index in [4.69, 9.17) is 43.1 Å². The van der Waals surface area contributed by atoms with Crippen molar-refractivity contribution in [3.05, 3.63) is 75.3 Å². The van der Waals surface area contributed by atoms with Crippen LogP contribution in [0.2, 0.25) is 10.0 Å². The van der Waals surface area contributed by atoms with Crippen LogP contribution >= 0.6 is 23.2 Å². The Morgan fingerprint density at radius 2 is 1.89 bits per heavy atom. The van der Waals surface area contributed by atoms with Crippen molar-refractivity contribution in [3.8, 4) is 5.69 Å². The standard InChI is InChI=1S/C24H25Cl2F3N4O4/c1-12-20(11-35-23(36-12)14-6-4-3-5-7-14)37-21(19(34)10-30)22-31-13(2)32-33(22)18-9-17(26)16(25)8-15(18)24(27,28)29/h3-9,12,19-21,23,34H,10-11,30H2,1-2H3/t12?,19-,20?,21?,23?/m0/s1. The van der Waals surface area contributed by atoms with E-state index in [2.05, 4.69) is 10.1 Å². The highest BCUT2D eigenvalue weighted by Gasteiger charge is 2.39. The number of nitrogens with two attached hydrogens (primary N) is 1.